The summed E-state index contributed by atoms with van der Waals surface area (Å²) >= 11 is 0. The second kappa shape index (κ2) is 7.45. The Morgan fingerprint density at radius 1 is 0.950 bits per heavy atom. The molecule has 0 amide bonds. The summed E-state index contributed by atoms with van der Waals surface area (Å²) in [5.41, 5.74) is 4.06. The minimum Gasteiger partial charge on any atom is -0.261 e. The fraction of sp³-hybridized carbons (Fsp3) is 0.333. The van der Waals surface area contributed by atoms with Crippen molar-refractivity contribution in [3.8, 4) is 17.2 Å². The van der Waals surface area contributed by atoms with Gasteiger partial charge in [0.2, 0.25) is 0 Å². The maximum atomic E-state index is 8.79. The highest BCUT2D eigenvalue weighted by molar-refractivity contribution is 5.63. The Morgan fingerprint density at radius 3 is 2.30 bits per heavy atom. The molecule has 0 spiro atoms. The summed E-state index contributed by atoms with van der Waals surface area (Å²) in [6.07, 6.45) is 8.07. The van der Waals surface area contributed by atoms with Crippen molar-refractivity contribution in [1.29, 1.82) is 5.26 Å². The van der Waals surface area contributed by atoms with Gasteiger partial charge in [-0.25, -0.2) is 0 Å². The fourth-order valence-corrected chi connectivity index (χ4v) is 2.21. The minimum absolute atomic E-state index is 0.689. The van der Waals surface area contributed by atoms with Crippen LogP contribution in [0.25, 0.3) is 11.1 Å². The van der Waals surface area contributed by atoms with Crippen LogP contribution in [0.4, 0.5) is 0 Å². The average Bonchev–Trinajstić information content (AvgIpc) is 2.52. The van der Waals surface area contributed by atoms with Crippen LogP contribution < -0.4 is 0 Å². The highest BCUT2D eigenvalue weighted by Gasteiger charge is 2.00. The van der Waals surface area contributed by atoms with E-state index in [0.29, 0.717) is 5.56 Å². The van der Waals surface area contributed by atoms with Gasteiger partial charge in [0.1, 0.15) is 0 Å². The Hall–Kier alpha value is -2.14. The van der Waals surface area contributed by atoms with E-state index in [1.165, 1.54) is 31.4 Å². The number of rotatable bonds is 6. The molecule has 0 saturated heterocycles. The van der Waals surface area contributed by atoms with Gasteiger partial charge in [-0.05, 0) is 36.6 Å². The first kappa shape index (κ1) is 14.3. The van der Waals surface area contributed by atoms with Crippen molar-refractivity contribution in [1.82, 2.24) is 4.98 Å². The highest BCUT2D eigenvalue weighted by Crippen LogP contribution is 2.19. The van der Waals surface area contributed by atoms with Crippen LogP contribution in [0.2, 0.25) is 0 Å². The molecular weight excluding hydrogens is 244 g/mol. The number of hydrogen-bond donors (Lipinski definition) is 0. The fourth-order valence-electron chi connectivity index (χ4n) is 2.21. The molecule has 102 valence electrons. The molecule has 1 aromatic heterocycles. The normalized spacial score (nSPS) is 10.2. The number of nitriles is 1. The molecule has 0 N–H and O–H groups in total. The Morgan fingerprint density at radius 2 is 1.70 bits per heavy atom. The van der Waals surface area contributed by atoms with Crippen LogP contribution >= 0.6 is 0 Å². The predicted molar refractivity (Wildman–Crippen MR) is 82.2 cm³/mol. The van der Waals surface area contributed by atoms with Crippen molar-refractivity contribution < 1.29 is 0 Å². The molecule has 1 aromatic carbocycles. The van der Waals surface area contributed by atoms with Gasteiger partial charge in [-0.3, -0.25) is 4.98 Å². The maximum absolute atomic E-state index is 8.79. The lowest BCUT2D eigenvalue weighted by Crippen LogP contribution is -1.91. The van der Waals surface area contributed by atoms with Crippen molar-refractivity contribution in [3.63, 3.8) is 0 Å². The largest absolute Gasteiger partial charge is 0.261 e. The molecule has 20 heavy (non-hydrogen) atoms. The van der Waals surface area contributed by atoms with E-state index in [1.54, 1.807) is 0 Å². The molecule has 0 saturated carbocycles. The molecule has 0 aliphatic rings. The van der Waals surface area contributed by atoms with Gasteiger partial charge in [0.15, 0.2) is 0 Å². The molecule has 0 atom stereocenters. The van der Waals surface area contributed by atoms with Crippen LogP contribution in [0.3, 0.4) is 0 Å². The van der Waals surface area contributed by atoms with Crippen LogP contribution in [0, 0.1) is 11.3 Å². The van der Waals surface area contributed by atoms with Crippen molar-refractivity contribution in [2.75, 3.05) is 0 Å². The number of benzene rings is 1. The van der Waals surface area contributed by atoms with Gasteiger partial charge in [0.25, 0.3) is 0 Å². The van der Waals surface area contributed by atoms with Crippen molar-refractivity contribution >= 4 is 0 Å². The molecule has 2 aromatic rings. The van der Waals surface area contributed by atoms with Crippen molar-refractivity contribution in [3.05, 3.63) is 53.9 Å². The molecular formula is C18H20N2. The molecule has 0 bridgehead atoms. The summed E-state index contributed by atoms with van der Waals surface area (Å²) in [5.74, 6) is 0. The molecule has 0 aliphatic heterocycles. The number of nitrogens with zero attached hydrogens (tertiary/aromatic N) is 2. The Kier molecular flexibility index (Phi) is 5.32. The number of aromatic nitrogens is 1. The molecule has 0 fully saturated rings. The van der Waals surface area contributed by atoms with Crippen LogP contribution in [-0.4, -0.2) is 4.98 Å². The average molecular weight is 264 g/mol. The monoisotopic (exact) mass is 264 g/mol. The number of unbranched alkanes of at least 4 members (excludes halogenated alkanes) is 3. The van der Waals surface area contributed by atoms with E-state index in [2.05, 4.69) is 30.1 Å². The number of aryl methyl sites for hydroxylation is 1. The third-order valence-corrected chi connectivity index (χ3v) is 3.46. The van der Waals surface area contributed by atoms with Gasteiger partial charge in [-0.2, -0.15) is 5.26 Å². The SMILES string of the molecule is CCCCCCc1ccc(-c2ccc(C#N)cc2)cn1. The quantitative estimate of drug-likeness (QED) is 0.706. The molecule has 2 heteroatoms. The maximum Gasteiger partial charge on any atom is 0.0991 e. The summed E-state index contributed by atoms with van der Waals surface area (Å²) in [6.45, 7) is 2.23. The van der Waals surface area contributed by atoms with Crippen LogP contribution in [0.1, 0.15) is 43.9 Å². The first-order valence-electron chi connectivity index (χ1n) is 7.29. The van der Waals surface area contributed by atoms with Gasteiger partial charge in [0, 0.05) is 17.5 Å². The van der Waals surface area contributed by atoms with E-state index in [9.17, 15) is 0 Å². The summed E-state index contributed by atoms with van der Waals surface area (Å²) < 4.78 is 0. The van der Waals surface area contributed by atoms with Gasteiger partial charge >= 0.3 is 0 Å². The Bertz CT molecular complexity index is 562. The van der Waals surface area contributed by atoms with Gasteiger partial charge in [-0.15, -0.1) is 0 Å². The third kappa shape index (κ3) is 3.93. The lowest BCUT2D eigenvalue weighted by molar-refractivity contribution is 0.661. The summed E-state index contributed by atoms with van der Waals surface area (Å²) in [7, 11) is 0. The molecule has 0 aliphatic carbocycles. The first-order valence-corrected chi connectivity index (χ1v) is 7.29. The highest BCUT2D eigenvalue weighted by atomic mass is 14.7. The van der Waals surface area contributed by atoms with Gasteiger partial charge in [-0.1, -0.05) is 44.4 Å². The third-order valence-electron chi connectivity index (χ3n) is 3.46. The number of pyridine rings is 1. The van der Waals surface area contributed by atoms with E-state index in [1.807, 2.05) is 30.5 Å². The van der Waals surface area contributed by atoms with E-state index in [-0.39, 0.29) is 0 Å². The summed E-state index contributed by atoms with van der Waals surface area (Å²) in [4.78, 5) is 4.53. The van der Waals surface area contributed by atoms with E-state index < -0.39 is 0 Å². The predicted octanol–water partition coefficient (Wildman–Crippen LogP) is 4.74. The minimum atomic E-state index is 0.689. The smallest absolute Gasteiger partial charge is 0.0991 e. The lowest BCUT2D eigenvalue weighted by Gasteiger charge is -2.04. The first-order chi connectivity index (χ1) is 9.83. The lowest BCUT2D eigenvalue weighted by atomic mass is 10.0. The van der Waals surface area contributed by atoms with Crippen molar-refractivity contribution in [2.45, 2.75) is 39.0 Å². The molecule has 2 rings (SSSR count). The second-order valence-corrected chi connectivity index (χ2v) is 5.04. The molecule has 0 unspecified atom stereocenters. The molecule has 2 nitrogen and oxygen atoms in total. The Balaban J connectivity index is 1.98. The zero-order chi connectivity index (χ0) is 14.2. The van der Waals surface area contributed by atoms with Crippen LogP contribution in [0.15, 0.2) is 42.6 Å². The molecule has 0 radical (unpaired) electrons. The van der Waals surface area contributed by atoms with E-state index >= 15 is 0 Å². The van der Waals surface area contributed by atoms with E-state index in [4.69, 9.17) is 5.26 Å². The Labute approximate surface area is 121 Å². The van der Waals surface area contributed by atoms with Gasteiger partial charge < -0.3 is 0 Å². The number of hydrogen-bond acceptors (Lipinski definition) is 2. The van der Waals surface area contributed by atoms with Crippen LogP contribution in [0.5, 0.6) is 0 Å². The van der Waals surface area contributed by atoms with E-state index in [0.717, 1.165) is 17.5 Å². The summed E-state index contributed by atoms with van der Waals surface area (Å²) in [5, 5.41) is 8.79. The molecule has 1 heterocycles. The zero-order valence-electron chi connectivity index (χ0n) is 12.0. The van der Waals surface area contributed by atoms with Crippen LogP contribution in [-0.2, 0) is 6.42 Å². The van der Waals surface area contributed by atoms with Gasteiger partial charge in [0.05, 0.1) is 11.6 Å². The topological polar surface area (TPSA) is 36.7 Å². The van der Waals surface area contributed by atoms with Crippen molar-refractivity contribution in [2.24, 2.45) is 0 Å². The zero-order valence-corrected chi connectivity index (χ0v) is 12.0. The summed E-state index contributed by atoms with van der Waals surface area (Å²) in [6, 6.07) is 14.0. The standard InChI is InChI=1S/C18H20N2/c1-2-3-4-5-6-18-12-11-17(14-20-18)16-9-7-15(13-19)8-10-16/h7-12,14H,2-6H2,1H3. The second-order valence-electron chi connectivity index (χ2n) is 5.04.